The monoisotopic (exact) mass is 432 g/mol. The second-order valence-corrected chi connectivity index (χ2v) is 6.86. The molecule has 0 spiro atoms. The number of carbonyl (C=O) groups excluding carboxylic acids is 2. The molecule has 0 aliphatic rings. The first-order chi connectivity index (χ1) is 13.6. The van der Waals surface area contributed by atoms with Crippen molar-refractivity contribution in [2.24, 2.45) is 0 Å². The predicted octanol–water partition coefficient (Wildman–Crippen LogP) is 5.96. The van der Waals surface area contributed by atoms with Crippen molar-refractivity contribution in [1.82, 2.24) is 0 Å². The van der Waals surface area contributed by atoms with Crippen molar-refractivity contribution in [3.8, 4) is 5.75 Å². The largest absolute Gasteiger partial charge is 0.423 e. The molecule has 3 aromatic rings. The van der Waals surface area contributed by atoms with Gasteiger partial charge in [0.25, 0.3) is 0 Å². The normalized spacial score (nSPS) is 11.0. The predicted molar refractivity (Wildman–Crippen MR) is 115 cm³/mol. The van der Waals surface area contributed by atoms with Gasteiger partial charge in [0.15, 0.2) is 5.78 Å². The molecule has 0 saturated carbocycles. The van der Waals surface area contributed by atoms with Crippen LogP contribution in [0.5, 0.6) is 5.75 Å². The molecule has 4 heteroatoms. The summed E-state index contributed by atoms with van der Waals surface area (Å²) in [5.74, 6) is -0.141. The zero-order chi connectivity index (χ0) is 19.8. The van der Waals surface area contributed by atoms with Crippen molar-refractivity contribution in [2.45, 2.75) is 0 Å². The first kappa shape index (κ1) is 19.5. The van der Waals surface area contributed by atoms with E-state index in [1.807, 2.05) is 48.5 Å². The van der Waals surface area contributed by atoms with Gasteiger partial charge in [-0.25, -0.2) is 4.79 Å². The number of rotatable bonds is 6. The lowest BCUT2D eigenvalue weighted by molar-refractivity contribution is -0.128. The van der Waals surface area contributed by atoms with Crippen LogP contribution in [0.25, 0.3) is 12.2 Å². The Morgan fingerprint density at radius 2 is 1.43 bits per heavy atom. The highest BCUT2D eigenvalue weighted by atomic mass is 79.9. The highest BCUT2D eigenvalue weighted by molar-refractivity contribution is 9.10. The molecular weight excluding hydrogens is 416 g/mol. The third-order valence-corrected chi connectivity index (χ3v) is 4.37. The molecule has 3 rings (SSSR count). The van der Waals surface area contributed by atoms with Gasteiger partial charge in [-0.1, -0.05) is 64.5 Å². The van der Waals surface area contributed by atoms with E-state index in [1.165, 1.54) is 12.2 Å². The summed E-state index contributed by atoms with van der Waals surface area (Å²) in [6, 6.07) is 23.7. The van der Waals surface area contributed by atoms with E-state index in [0.717, 1.165) is 15.6 Å². The molecule has 0 aromatic heterocycles. The number of halogens is 1. The third kappa shape index (κ3) is 5.89. The fourth-order valence-electron chi connectivity index (χ4n) is 2.44. The van der Waals surface area contributed by atoms with E-state index < -0.39 is 5.97 Å². The minimum absolute atomic E-state index is 0.0966. The fourth-order valence-corrected chi connectivity index (χ4v) is 2.71. The second kappa shape index (κ2) is 9.62. The molecule has 0 saturated heterocycles. The molecule has 0 bridgehead atoms. The van der Waals surface area contributed by atoms with E-state index in [-0.39, 0.29) is 5.78 Å². The van der Waals surface area contributed by atoms with Crippen LogP contribution in [0.15, 0.2) is 95.5 Å². The second-order valence-electron chi connectivity index (χ2n) is 5.94. The fraction of sp³-hybridized carbons (Fsp3) is 0. The third-order valence-electron chi connectivity index (χ3n) is 3.84. The molecule has 0 N–H and O–H groups in total. The van der Waals surface area contributed by atoms with Gasteiger partial charge in [-0.2, -0.15) is 0 Å². The topological polar surface area (TPSA) is 43.4 Å². The summed E-state index contributed by atoms with van der Waals surface area (Å²) in [4.78, 5) is 24.2. The molecule has 138 valence electrons. The van der Waals surface area contributed by atoms with Gasteiger partial charge in [-0.3, -0.25) is 4.79 Å². The Morgan fingerprint density at radius 1 is 0.750 bits per heavy atom. The van der Waals surface area contributed by atoms with Gasteiger partial charge in [0.05, 0.1) is 0 Å². The molecule has 3 aromatic carbocycles. The number of esters is 1. The first-order valence-electron chi connectivity index (χ1n) is 8.63. The van der Waals surface area contributed by atoms with Crippen LogP contribution in [-0.4, -0.2) is 11.8 Å². The van der Waals surface area contributed by atoms with Crippen molar-refractivity contribution in [1.29, 1.82) is 0 Å². The summed E-state index contributed by atoms with van der Waals surface area (Å²) in [5.41, 5.74) is 2.29. The highest BCUT2D eigenvalue weighted by Gasteiger charge is 2.03. The van der Waals surface area contributed by atoms with Gasteiger partial charge in [0, 0.05) is 16.1 Å². The van der Waals surface area contributed by atoms with E-state index >= 15 is 0 Å². The summed E-state index contributed by atoms with van der Waals surface area (Å²) in [6.45, 7) is 0. The lowest BCUT2D eigenvalue weighted by atomic mass is 10.1. The maximum atomic E-state index is 12.2. The lowest BCUT2D eigenvalue weighted by Gasteiger charge is -2.02. The summed E-state index contributed by atoms with van der Waals surface area (Å²) >= 11 is 3.35. The van der Waals surface area contributed by atoms with Crippen LogP contribution in [-0.2, 0) is 4.79 Å². The Balaban J connectivity index is 1.63. The van der Waals surface area contributed by atoms with Gasteiger partial charge >= 0.3 is 5.97 Å². The van der Waals surface area contributed by atoms with Gasteiger partial charge < -0.3 is 4.74 Å². The molecular formula is C24H17BrO3. The molecule has 0 aliphatic carbocycles. The standard InChI is InChI=1S/C24H17BrO3/c25-21-13-11-20(12-14-21)23(26)15-9-19-7-4-8-22(17-19)28-24(27)16-10-18-5-2-1-3-6-18/h1-17H. The minimum Gasteiger partial charge on any atom is -0.423 e. The first-order valence-corrected chi connectivity index (χ1v) is 9.42. The number of carbonyl (C=O) groups is 2. The zero-order valence-electron chi connectivity index (χ0n) is 14.9. The van der Waals surface area contributed by atoms with Gasteiger partial charge in [-0.05, 0) is 59.7 Å². The molecule has 0 atom stereocenters. The Hall–Kier alpha value is -3.24. The van der Waals surface area contributed by atoms with E-state index in [2.05, 4.69) is 15.9 Å². The van der Waals surface area contributed by atoms with Crippen LogP contribution in [0.4, 0.5) is 0 Å². The Morgan fingerprint density at radius 3 is 2.18 bits per heavy atom. The molecule has 0 heterocycles. The van der Waals surface area contributed by atoms with Crippen molar-refractivity contribution in [3.05, 3.63) is 112 Å². The quantitative estimate of drug-likeness (QED) is 0.208. The van der Waals surface area contributed by atoms with Gasteiger partial charge in [0.1, 0.15) is 5.75 Å². The van der Waals surface area contributed by atoms with Crippen molar-refractivity contribution < 1.29 is 14.3 Å². The van der Waals surface area contributed by atoms with Crippen LogP contribution >= 0.6 is 15.9 Å². The Bertz CT molecular complexity index is 1020. The summed E-state index contributed by atoms with van der Waals surface area (Å²) in [5, 5.41) is 0. The maximum Gasteiger partial charge on any atom is 0.336 e. The van der Waals surface area contributed by atoms with Crippen LogP contribution < -0.4 is 4.74 Å². The van der Waals surface area contributed by atoms with Crippen molar-refractivity contribution >= 4 is 39.8 Å². The molecule has 0 radical (unpaired) electrons. The number of allylic oxidation sites excluding steroid dienone is 1. The SMILES string of the molecule is O=C(C=Cc1ccccc1)Oc1cccc(C=CC(=O)c2ccc(Br)cc2)c1. The number of benzene rings is 3. The molecule has 28 heavy (non-hydrogen) atoms. The molecule has 0 unspecified atom stereocenters. The molecule has 3 nitrogen and oxygen atoms in total. The van der Waals surface area contributed by atoms with Crippen LogP contribution in [0.2, 0.25) is 0 Å². The molecule has 0 aliphatic heterocycles. The lowest BCUT2D eigenvalue weighted by Crippen LogP contribution is -2.03. The zero-order valence-corrected chi connectivity index (χ0v) is 16.5. The number of hydrogen-bond donors (Lipinski definition) is 0. The van der Waals surface area contributed by atoms with E-state index in [0.29, 0.717) is 11.3 Å². The number of ether oxygens (including phenoxy) is 1. The Kier molecular flexibility index (Phi) is 6.71. The van der Waals surface area contributed by atoms with Crippen molar-refractivity contribution in [2.75, 3.05) is 0 Å². The maximum absolute atomic E-state index is 12.2. The Labute approximate surface area is 172 Å². The number of ketones is 1. The molecule has 0 fully saturated rings. The van der Waals surface area contributed by atoms with Crippen LogP contribution in [0, 0.1) is 0 Å². The average Bonchev–Trinajstić information content (AvgIpc) is 2.72. The summed E-state index contributed by atoms with van der Waals surface area (Å²) in [7, 11) is 0. The van der Waals surface area contributed by atoms with Gasteiger partial charge in [-0.15, -0.1) is 0 Å². The van der Waals surface area contributed by atoms with Crippen molar-refractivity contribution in [3.63, 3.8) is 0 Å². The number of hydrogen-bond acceptors (Lipinski definition) is 3. The van der Waals surface area contributed by atoms with Gasteiger partial charge in [0.2, 0.25) is 0 Å². The summed E-state index contributed by atoms with van der Waals surface area (Å²) in [6.07, 6.45) is 6.28. The van der Waals surface area contributed by atoms with E-state index in [1.54, 1.807) is 42.5 Å². The summed E-state index contributed by atoms with van der Waals surface area (Å²) < 4.78 is 6.25. The van der Waals surface area contributed by atoms with E-state index in [9.17, 15) is 9.59 Å². The van der Waals surface area contributed by atoms with Crippen LogP contribution in [0.1, 0.15) is 21.5 Å². The van der Waals surface area contributed by atoms with E-state index in [4.69, 9.17) is 4.74 Å². The molecule has 0 amide bonds. The smallest absolute Gasteiger partial charge is 0.336 e. The minimum atomic E-state index is -0.462. The van der Waals surface area contributed by atoms with Crippen LogP contribution in [0.3, 0.4) is 0 Å². The average molecular weight is 433 g/mol. The highest BCUT2D eigenvalue weighted by Crippen LogP contribution is 2.16.